The molecule has 1 aliphatic heterocycles. The first kappa shape index (κ1) is 23.3. The summed E-state index contributed by atoms with van der Waals surface area (Å²) in [6.07, 6.45) is 7.47. The fraction of sp³-hybridized carbons (Fsp3) is 0.682. The molecule has 2 atom stereocenters. The Hall–Kier alpha value is -1.75. The molecule has 0 aromatic heterocycles. The van der Waals surface area contributed by atoms with E-state index in [4.69, 9.17) is 9.47 Å². The summed E-state index contributed by atoms with van der Waals surface area (Å²) in [7, 11) is 0. The average molecular weight is 379 g/mol. The van der Waals surface area contributed by atoms with Crippen LogP contribution in [0, 0.1) is 5.92 Å². The van der Waals surface area contributed by atoms with Crippen molar-refractivity contribution in [2.75, 3.05) is 13.2 Å². The largest absolute Gasteiger partial charge is 0.462 e. The highest BCUT2D eigenvalue weighted by Gasteiger charge is 2.35. The van der Waals surface area contributed by atoms with Gasteiger partial charge in [0.25, 0.3) is 0 Å². The van der Waals surface area contributed by atoms with Crippen LogP contribution in [0.3, 0.4) is 0 Å². The number of allylic oxidation sites excluding steroid dienone is 2. The van der Waals surface area contributed by atoms with Crippen molar-refractivity contribution in [3.63, 3.8) is 0 Å². The minimum Gasteiger partial charge on any atom is -0.462 e. The molecule has 5 heteroatoms. The summed E-state index contributed by atoms with van der Waals surface area (Å²) in [6, 6.07) is 0. The van der Waals surface area contributed by atoms with E-state index in [0.29, 0.717) is 32.3 Å². The number of carbonyl (C=O) groups excluding carboxylic acids is 3. The molecule has 27 heavy (non-hydrogen) atoms. The average Bonchev–Trinajstić information content (AvgIpc) is 2.73. The van der Waals surface area contributed by atoms with E-state index < -0.39 is 5.60 Å². The van der Waals surface area contributed by atoms with Crippen LogP contribution in [0.5, 0.6) is 0 Å². The number of esters is 1. The molecule has 0 N–H and O–H groups in total. The second kappa shape index (κ2) is 11.2. The van der Waals surface area contributed by atoms with Crippen LogP contribution < -0.4 is 0 Å². The Morgan fingerprint density at radius 3 is 2.59 bits per heavy atom. The summed E-state index contributed by atoms with van der Waals surface area (Å²) in [4.78, 5) is 35.5. The van der Waals surface area contributed by atoms with E-state index in [0.717, 1.165) is 24.0 Å². The molecule has 0 radical (unpaired) electrons. The second-order valence-electron chi connectivity index (χ2n) is 7.85. The minimum absolute atomic E-state index is 0.00994. The van der Waals surface area contributed by atoms with Crippen LogP contribution in [0.4, 0.5) is 0 Å². The maximum Gasteiger partial charge on any atom is 0.302 e. The van der Waals surface area contributed by atoms with Gasteiger partial charge in [0, 0.05) is 25.7 Å². The number of Topliss-reactive ketones (excluding diaryl/α,β-unsaturated/α-hetero) is 2. The van der Waals surface area contributed by atoms with Gasteiger partial charge >= 0.3 is 5.97 Å². The summed E-state index contributed by atoms with van der Waals surface area (Å²) in [6.45, 7) is 9.73. The first-order chi connectivity index (χ1) is 12.6. The van der Waals surface area contributed by atoms with E-state index in [-0.39, 0.29) is 30.1 Å². The Bertz CT molecular complexity index is 598. The van der Waals surface area contributed by atoms with Crippen molar-refractivity contribution < 1.29 is 23.9 Å². The second-order valence-corrected chi connectivity index (χ2v) is 7.85. The van der Waals surface area contributed by atoms with Gasteiger partial charge in [-0.1, -0.05) is 18.6 Å². The summed E-state index contributed by atoms with van der Waals surface area (Å²) in [5.74, 6) is 0.00638. The molecule has 1 aliphatic rings. The van der Waals surface area contributed by atoms with Crippen molar-refractivity contribution in [1.82, 2.24) is 0 Å². The Balaban J connectivity index is 2.51. The molecule has 0 aromatic carbocycles. The van der Waals surface area contributed by atoms with Gasteiger partial charge in [0.1, 0.15) is 18.0 Å². The maximum absolute atomic E-state index is 12.5. The van der Waals surface area contributed by atoms with Crippen LogP contribution >= 0.6 is 0 Å². The molecular weight excluding hydrogens is 344 g/mol. The molecule has 0 aromatic rings. The van der Waals surface area contributed by atoms with Crippen LogP contribution in [0.1, 0.15) is 73.1 Å². The highest BCUT2D eigenvalue weighted by molar-refractivity contribution is 5.87. The Labute approximate surface area is 163 Å². The fourth-order valence-corrected chi connectivity index (χ4v) is 3.01. The van der Waals surface area contributed by atoms with E-state index in [2.05, 4.69) is 0 Å². The molecule has 0 bridgehead atoms. The first-order valence-corrected chi connectivity index (χ1v) is 9.78. The van der Waals surface area contributed by atoms with Crippen molar-refractivity contribution in [3.05, 3.63) is 23.3 Å². The van der Waals surface area contributed by atoms with E-state index in [9.17, 15) is 14.4 Å². The van der Waals surface area contributed by atoms with Gasteiger partial charge in [-0.2, -0.15) is 0 Å². The number of hydrogen-bond donors (Lipinski definition) is 0. The first-order valence-electron chi connectivity index (χ1n) is 9.78. The normalized spacial score (nSPS) is 22.9. The molecule has 1 fully saturated rings. The summed E-state index contributed by atoms with van der Waals surface area (Å²) in [5, 5.41) is 0. The van der Waals surface area contributed by atoms with Gasteiger partial charge in [0.15, 0.2) is 5.78 Å². The summed E-state index contributed by atoms with van der Waals surface area (Å²) < 4.78 is 10.9. The molecule has 0 spiro atoms. The van der Waals surface area contributed by atoms with Crippen molar-refractivity contribution in [1.29, 1.82) is 0 Å². The molecule has 1 rings (SSSR count). The molecule has 0 amide bonds. The topological polar surface area (TPSA) is 69.7 Å². The van der Waals surface area contributed by atoms with E-state index in [1.807, 2.05) is 39.8 Å². The third kappa shape index (κ3) is 8.65. The highest BCUT2D eigenvalue weighted by atomic mass is 16.5. The Kier molecular flexibility index (Phi) is 9.64. The van der Waals surface area contributed by atoms with E-state index in [1.165, 1.54) is 6.92 Å². The quantitative estimate of drug-likeness (QED) is 0.441. The van der Waals surface area contributed by atoms with Gasteiger partial charge in [-0.25, -0.2) is 0 Å². The molecular formula is C22H34O5. The van der Waals surface area contributed by atoms with Gasteiger partial charge in [-0.3, -0.25) is 14.4 Å². The summed E-state index contributed by atoms with van der Waals surface area (Å²) in [5.41, 5.74) is 1.33. The van der Waals surface area contributed by atoms with Gasteiger partial charge in [-0.05, 0) is 58.1 Å². The molecule has 1 heterocycles. The molecule has 5 nitrogen and oxygen atoms in total. The van der Waals surface area contributed by atoms with Gasteiger partial charge in [-0.15, -0.1) is 0 Å². The van der Waals surface area contributed by atoms with Crippen LogP contribution in [0.15, 0.2) is 23.3 Å². The van der Waals surface area contributed by atoms with Gasteiger partial charge < -0.3 is 9.47 Å². The van der Waals surface area contributed by atoms with Crippen molar-refractivity contribution in [3.8, 4) is 0 Å². The van der Waals surface area contributed by atoms with Gasteiger partial charge in [0.2, 0.25) is 0 Å². The van der Waals surface area contributed by atoms with E-state index in [1.54, 1.807) is 0 Å². The predicted octanol–water partition coefficient (Wildman–Crippen LogP) is 4.35. The van der Waals surface area contributed by atoms with Crippen LogP contribution in [0.2, 0.25) is 0 Å². The van der Waals surface area contributed by atoms with Crippen LogP contribution in [-0.2, 0) is 23.9 Å². The molecule has 1 saturated heterocycles. The standard InChI is InChI=1S/C22H34O5/c1-16(2)8-10-20(24)17(3)7-6-13-22(5)21(25)11-9-19(15-27-22)12-14-26-18(4)23/h8,12,17H,6-7,9-11,13-15H2,1-5H3/b19-12+/t17?,22-/m0/s1. The highest BCUT2D eigenvalue weighted by Crippen LogP contribution is 2.29. The zero-order valence-electron chi connectivity index (χ0n) is 17.4. The Morgan fingerprint density at radius 1 is 1.26 bits per heavy atom. The maximum atomic E-state index is 12.5. The number of hydrogen-bond acceptors (Lipinski definition) is 5. The van der Waals surface area contributed by atoms with Crippen molar-refractivity contribution >= 4 is 17.5 Å². The van der Waals surface area contributed by atoms with Crippen molar-refractivity contribution in [2.24, 2.45) is 5.92 Å². The lowest BCUT2D eigenvalue weighted by atomic mass is 9.88. The van der Waals surface area contributed by atoms with E-state index >= 15 is 0 Å². The molecule has 1 unspecified atom stereocenters. The molecule has 0 saturated carbocycles. The third-order valence-electron chi connectivity index (χ3n) is 5.05. The Morgan fingerprint density at radius 2 is 1.96 bits per heavy atom. The van der Waals surface area contributed by atoms with Crippen LogP contribution in [0.25, 0.3) is 0 Å². The number of ketones is 2. The smallest absolute Gasteiger partial charge is 0.302 e. The monoisotopic (exact) mass is 378 g/mol. The summed E-state index contributed by atoms with van der Waals surface area (Å²) >= 11 is 0. The molecule has 152 valence electrons. The number of ether oxygens (including phenoxy) is 2. The van der Waals surface area contributed by atoms with Crippen LogP contribution in [-0.4, -0.2) is 36.4 Å². The number of rotatable bonds is 9. The third-order valence-corrected chi connectivity index (χ3v) is 5.05. The fourth-order valence-electron chi connectivity index (χ4n) is 3.01. The van der Waals surface area contributed by atoms with Crippen molar-refractivity contribution in [2.45, 2.75) is 78.7 Å². The molecule has 0 aliphatic carbocycles. The SMILES string of the molecule is CC(=O)OC/C=C1\CCC(=O)[C@](C)(CCCC(C)C(=O)CC=C(C)C)OC1. The number of carbonyl (C=O) groups is 3. The lowest BCUT2D eigenvalue weighted by Gasteiger charge is -2.27. The van der Waals surface area contributed by atoms with Gasteiger partial charge in [0.05, 0.1) is 6.61 Å². The zero-order valence-corrected chi connectivity index (χ0v) is 17.4. The lowest BCUT2D eigenvalue weighted by Crippen LogP contribution is -2.37. The predicted molar refractivity (Wildman–Crippen MR) is 105 cm³/mol. The minimum atomic E-state index is -0.806. The zero-order chi connectivity index (χ0) is 20.4. The lowest BCUT2D eigenvalue weighted by molar-refractivity contribution is -0.140.